The number of imidazole rings is 1. The first-order valence-electron chi connectivity index (χ1n) is 7.59. The maximum atomic E-state index is 10.7. The molecule has 1 aliphatic heterocycles. The summed E-state index contributed by atoms with van der Waals surface area (Å²) in [5.74, 6) is 1.03. The van der Waals surface area contributed by atoms with E-state index in [4.69, 9.17) is 4.98 Å². The molecule has 20 heavy (non-hydrogen) atoms. The van der Waals surface area contributed by atoms with Crippen LogP contribution in [0.4, 0.5) is 0 Å². The fourth-order valence-corrected chi connectivity index (χ4v) is 3.10. The molecule has 2 N–H and O–H groups in total. The average molecular weight is 273 g/mol. The fraction of sp³-hybridized carbons (Fsp3) is 0.562. The minimum atomic E-state index is -0.599. The Hall–Kier alpha value is -1.39. The highest BCUT2D eigenvalue weighted by Crippen LogP contribution is 2.25. The summed E-state index contributed by atoms with van der Waals surface area (Å²) in [6.45, 7) is 4.93. The molecule has 2 heterocycles. The number of fused-ring (bicyclic) bond motifs is 1. The van der Waals surface area contributed by atoms with Crippen LogP contribution in [0, 0.1) is 0 Å². The molecule has 1 saturated heterocycles. The van der Waals surface area contributed by atoms with Gasteiger partial charge in [0.15, 0.2) is 0 Å². The van der Waals surface area contributed by atoms with Gasteiger partial charge in [0.1, 0.15) is 5.82 Å². The average Bonchev–Trinajstić information content (AvgIpc) is 2.77. The lowest BCUT2D eigenvalue weighted by atomic mass is 9.89. The Kier molecular flexibility index (Phi) is 3.76. The van der Waals surface area contributed by atoms with E-state index >= 15 is 0 Å². The van der Waals surface area contributed by atoms with Gasteiger partial charge in [0, 0.05) is 13.0 Å². The number of benzene rings is 1. The molecule has 0 amide bonds. The molecule has 0 aliphatic carbocycles. The number of nitrogens with zero attached hydrogens (tertiary/aromatic N) is 2. The van der Waals surface area contributed by atoms with Crippen molar-refractivity contribution in [2.45, 2.75) is 44.8 Å². The monoisotopic (exact) mass is 273 g/mol. The number of piperidine rings is 1. The lowest BCUT2D eigenvalue weighted by molar-refractivity contribution is 0.00849. The Morgan fingerprint density at radius 3 is 2.80 bits per heavy atom. The fourth-order valence-electron chi connectivity index (χ4n) is 3.10. The van der Waals surface area contributed by atoms with Gasteiger partial charge in [-0.3, -0.25) is 0 Å². The van der Waals surface area contributed by atoms with Crippen molar-refractivity contribution in [3.05, 3.63) is 30.1 Å². The molecule has 1 aromatic carbocycles. The molecule has 2 aromatic rings. The first kappa shape index (κ1) is 13.6. The molecule has 1 fully saturated rings. The summed E-state index contributed by atoms with van der Waals surface area (Å²) in [5, 5.41) is 14.1. The van der Waals surface area contributed by atoms with E-state index in [1.165, 1.54) is 5.52 Å². The topological polar surface area (TPSA) is 50.1 Å². The van der Waals surface area contributed by atoms with Gasteiger partial charge >= 0.3 is 0 Å². The van der Waals surface area contributed by atoms with Gasteiger partial charge in [-0.15, -0.1) is 0 Å². The molecule has 4 heteroatoms. The standard InChI is InChI=1S/C16H23N3O/c1-2-11-19-14-6-4-3-5-13(14)18-15(19)12-16(20)7-9-17-10-8-16/h3-6,17,20H,2,7-12H2,1H3. The van der Waals surface area contributed by atoms with E-state index < -0.39 is 5.60 Å². The van der Waals surface area contributed by atoms with Crippen molar-refractivity contribution >= 4 is 11.0 Å². The van der Waals surface area contributed by atoms with E-state index in [1.807, 2.05) is 6.07 Å². The number of rotatable bonds is 4. The Morgan fingerprint density at radius 1 is 1.30 bits per heavy atom. The normalized spacial score (nSPS) is 18.5. The van der Waals surface area contributed by atoms with Crippen molar-refractivity contribution in [1.29, 1.82) is 0 Å². The molecule has 108 valence electrons. The van der Waals surface area contributed by atoms with Crippen LogP contribution < -0.4 is 5.32 Å². The van der Waals surface area contributed by atoms with E-state index in [0.29, 0.717) is 6.42 Å². The third-order valence-corrected chi connectivity index (χ3v) is 4.20. The number of hydrogen-bond acceptors (Lipinski definition) is 3. The second-order valence-electron chi connectivity index (χ2n) is 5.82. The quantitative estimate of drug-likeness (QED) is 0.897. The molecule has 4 nitrogen and oxygen atoms in total. The van der Waals surface area contributed by atoms with Gasteiger partial charge in [-0.25, -0.2) is 4.98 Å². The van der Waals surface area contributed by atoms with Gasteiger partial charge < -0.3 is 15.0 Å². The summed E-state index contributed by atoms with van der Waals surface area (Å²) in [7, 11) is 0. The number of para-hydroxylation sites is 2. The van der Waals surface area contributed by atoms with Gasteiger partial charge in [-0.1, -0.05) is 19.1 Å². The highest BCUT2D eigenvalue weighted by atomic mass is 16.3. The van der Waals surface area contributed by atoms with Gasteiger partial charge in [0.05, 0.1) is 16.6 Å². The van der Waals surface area contributed by atoms with Gasteiger partial charge in [-0.05, 0) is 44.5 Å². The zero-order valence-electron chi connectivity index (χ0n) is 12.1. The molecular weight excluding hydrogens is 250 g/mol. The predicted molar refractivity (Wildman–Crippen MR) is 80.8 cm³/mol. The van der Waals surface area contributed by atoms with Crippen LogP contribution >= 0.6 is 0 Å². The molecule has 0 atom stereocenters. The second-order valence-corrected chi connectivity index (χ2v) is 5.82. The Bertz CT molecular complexity index is 584. The van der Waals surface area contributed by atoms with E-state index in [2.05, 4.69) is 35.0 Å². The van der Waals surface area contributed by atoms with Crippen LogP contribution in [0.1, 0.15) is 32.0 Å². The molecule has 0 unspecified atom stereocenters. The number of hydrogen-bond donors (Lipinski definition) is 2. The molecular formula is C16H23N3O. The molecule has 0 spiro atoms. The van der Waals surface area contributed by atoms with Crippen LogP contribution in [0.2, 0.25) is 0 Å². The Morgan fingerprint density at radius 2 is 2.05 bits per heavy atom. The molecule has 0 bridgehead atoms. The highest BCUT2D eigenvalue weighted by Gasteiger charge is 2.31. The van der Waals surface area contributed by atoms with Crippen molar-refractivity contribution < 1.29 is 5.11 Å². The van der Waals surface area contributed by atoms with Crippen LogP contribution in [-0.4, -0.2) is 33.3 Å². The van der Waals surface area contributed by atoms with Gasteiger partial charge in [0.25, 0.3) is 0 Å². The summed E-state index contributed by atoms with van der Waals surface area (Å²) >= 11 is 0. The van der Waals surface area contributed by atoms with Crippen molar-refractivity contribution in [3.63, 3.8) is 0 Å². The minimum absolute atomic E-state index is 0.599. The van der Waals surface area contributed by atoms with Crippen molar-refractivity contribution in [2.75, 3.05) is 13.1 Å². The van der Waals surface area contributed by atoms with Crippen molar-refractivity contribution in [3.8, 4) is 0 Å². The van der Waals surface area contributed by atoms with E-state index in [9.17, 15) is 5.11 Å². The molecule has 0 radical (unpaired) electrons. The smallest absolute Gasteiger partial charge is 0.112 e. The van der Waals surface area contributed by atoms with Crippen LogP contribution in [-0.2, 0) is 13.0 Å². The summed E-state index contributed by atoms with van der Waals surface area (Å²) in [4.78, 5) is 4.75. The third-order valence-electron chi connectivity index (χ3n) is 4.20. The minimum Gasteiger partial charge on any atom is -0.389 e. The van der Waals surface area contributed by atoms with Gasteiger partial charge in [0.2, 0.25) is 0 Å². The van der Waals surface area contributed by atoms with E-state index in [1.54, 1.807) is 0 Å². The summed E-state index contributed by atoms with van der Waals surface area (Å²) in [5.41, 5.74) is 1.62. The van der Waals surface area contributed by atoms with E-state index in [-0.39, 0.29) is 0 Å². The summed E-state index contributed by atoms with van der Waals surface area (Å²) < 4.78 is 2.27. The lowest BCUT2D eigenvalue weighted by Crippen LogP contribution is -2.43. The zero-order valence-corrected chi connectivity index (χ0v) is 12.1. The highest BCUT2D eigenvalue weighted by molar-refractivity contribution is 5.75. The zero-order chi connectivity index (χ0) is 14.0. The maximum Gasteiger partial charge on any atom is 0.112 e. The Labute approximate surface area is 119 Å². The lowest BCUT2D eigenvalue weighted by Gasteiger charge is -2.32. The largest absolute Gasteiger partial charge is 0.389 e. The second kappa shape index (κ2) is 5.54. The first-order valence-corrected chi connectivity index (χ1v) is 7.59. The number of aromatic nitrogens is 2. The summed E-state index contributed by atoms with van der Waals surface area (Å²) in [6.07, 6.45) is 3.35. The van der Waals surface area contributed by atoms with Crippen LogP contribution in [0.3, 0.4) is 0 Å². The molecule has 3 rings (SSSR count). The molecule has 1 aliphatic rings. The Balaban J connectivity index is 1.95. The van der Waals surface area contributed by atoms with Crippen LogP contribution in [0.15, 0.2) is 24.3 Å². The number of aryl methyl sites for hydroxylation is 1. The van der Waals surface area contributed by atoms with Crippen molar-refractivity contribution in [1.82, 2.24) is 14.9 Å². The number of nitrogens with one attached hydrogen (secondary N) is 1. The molecule has 1 aromatic heterocycles. The maximum absolute atomic E-state index is 10.7. The predicted octanol–water partition coefficient (Wildman–Crippen LogP) is 2.10. The SMILES string of the molecule is CCCn1c(CC2(O)CCNCC2)nc2ccccc21. The first-order chi connectivity index (χ1) is 9.72. The van der Waals surface area contributed by atoms with Crippen LogP contribution in [0.5, 0.6) is 0 Å². The third kappa shape index (κ3) is 2.58. The van der Waals surface area contributed by atoms with Crippen LogP contribution in [0.25, 0.3) is 11.0 Å². The van der Waals surface area contributed by atoms with Crippen molar-refractivity contribution in [2.24, 2.45) is 0 Å². The van der Waals surface area contributed by atoms with Gasteiger partial charge in [-0.2, -0.15) is 0 Å². The molecule has 0 saturated carbocycles. The summed E-state index contributed by atoms with van der Waals surface area (Å²) in [6, 6.07) is 8.25. The number of aliphatic hydroxyl groups is 1. The van der Waals surface area contributed by atoms with E-state index in [0.717, 1.165) is 50.2 Å².